The minimum absolute atomic E-state index is 0.458. The SMILES string of the molecule is SCCCCC[C@@H](S)[C@@H](S)CCCCCS. The summed E-state index contributed by atoms with van der Waals surface area (Å²) in [4.78, 5) is 0. The molecule has 16 heavy (non-hydrogen) atoms. The molecule has 0 amide bonds. The van der Waals surface area contributed by atoms with E-state index in [1.807, 2.05) is 0 Å². The molecular formula is C12H26S4. The molecule has 0 rings (SSSR count). The third-order valence-electron chi connectivity index (χ3n) is 2.76. The van der Waals surface area contributed by atoms with Gasteiger partial charge in [0.15, 0.2) is 0 Å². The van der Waals surface area contributed by atoms with E-state index in [0.717, 1.165) is 11.5 Å². The summed E-state index contributed by atoms with van der Waals surface area (Å²) in [5, 5.41) is 0.915. The van der Waals surface area contributed by atoms with Gasteiger partial charge in [0.1, 0.15) is 0 Å². The second-order valence-corrected chi connectivity index (χ2v) is 6.50. The van der Waals surface area contributed by atoms with Gasteiger partial charge >= 0.3 is 0 Å². The van der Waals surface area contributed by atoms with Gasteiger partial charge in [0.05, 0.1) is 0 Å². The first-order chi connectivity index (χ1) is 7.72. The van der Waals surface area contributed by atoms with Crippen molar-refractivity contribution in [2.24, 2.45) is 0 Å². The van der Waals surface area contributed by atoms with Crippen LogP contribution in [0.15, 0.2) is 0 Å². The molecule has 0 radical (unpaired) electrons. The van der Waals surface area contributed by atoms with Crippen LogP contribution < -0.4 is 0 Å². The zero-order valence-electron chi connectivity index (χ0n) is 10.0. The van der Waals surface area contributed by atoms with Gasteiger partial charge in [-0.25, -0.2) is 0 Å². The monoisotopic (exact) mass is 298 g/mol. The molecule has 0 aliphatic carbocycles. The second-order valence-electron chi connectivity index (χ2n) is 4.28. The molecule has 0 aromatic carbocycles. The van der Waals surface area contributed by atoms with Crippen LogP contribution >= 0.6 is 50.5 Å². The van der Waals surface area contributed by atoms with E-state index < -0.39 is 0 Å². The second kappa shape index (κ2) is 12.8. The fourth-order valence-electron chi connectivity index (χ4n) is 1.67. The van der Waals surface area contributed by atoms with E-state index in [0.29, 0.717) is 10.5 Å². The molecule has 0 aromatic heterocycles. The van der Waals surface area contributed by atoms with Crippen molar-refractivity contribution in [2.75, 3.05) is 11.5 Å². The van der Waals surface area contributed by atoms with Gasteiger partial charge in [0.25, 0.3) is 0 Å². The van der Waals surface area contributed by atoms with Gasteiger partial charge in [-0.1, -0.05) is 25.7 Å². The van der Waals surface area contributed by atoms with E-state index in [-0.39, 0.29) is 0 Å². The lowest BCUT2D eigenvalue weighted by Gasteiger charge is -2.18. The van der Waals surface area contributed by atoms with Crippen LogP contribution in [0.4, 0.5) is 0 Å². The molecule has 0 aliphatic rings. The smallest absolute Gasteiger partial charge is 0.0133 e. The topological polar surface area (TPSA) is 0 Å². The van der Waals surface area contributed by atoms with Crippen LogP contribution in [0, 0.1) is 0 Å². The lowest BCUT2D eigenvalue weighted by molar-refractivity contribution is 0.588. The van der Waals surface area contributed by atoms with Crippen LogP contribution in [-0.4, -0.2) is 22.0 Å². The van der Waals surface area contributed by atoms with Gasteiger partial charge in [-0.15, -0.1) is 0 Å². The molecule has 0 bridgehead atoms. The normalized spacial score (nSPS) is 15.0. The van der Waals surface area contributed by atoms with Crippen LogP contribution in [0.3, 0.4) is 0 Å². The quantitative estimate of drug-likeness (QED) is 0.312. The average molecular weight is 299 g/mol. The number of unbranched alkanes of at least 4 members (excludes halogenated alkanes) is 4. The zero-order valence-corrected chi connectivity index (χ0v) is 13.6. The highest BCUT2D eigenvalue weighted by Crippen LogP contribution is 2.21. The Morgan fingerprint density at radius 3 is 1.25 bits per heavy atom. The minimum Gasteiger partial charge on any atom is -0.179 e. The lowest BCUT2D eigenvalue weighted by Crippen LogP contribution is -2.15. The van der Waals surface area contributed by atoms with Crippen molar-refractivity contribution >= 4 is 50.5 Å². The van der Waals surface area contributed by atoms with Crippen molar-refractivity contribution in [3.63, 3.8) is 0 Å². The van der Waals surface area contributed by atoms with Crippen molar-refractivity contribution in [2.45, 2.75) is 61.9 Å². The van der Waals surface area contributed by atoms with Crippen LogP contribution in [0.25, 0.3) is 0 Å². The average Bonchev–Trinajstić information content (AvgIpc) is 2.29. The molecule has 0 saturated carbocycles. The number of hydrogen-bond donors (Lipinski definition) is 4. The van der Waals surface area contributed by atoms with Crippen molar-refractivity contribution < 1.29 is 0 Å². The molecule has 0 nitrogen and oxygen atoms in total. The van der Waals surface area contributed by atoms with Gasteiger partial charge in [-0.05, 0) is 37.2 Å². The summed E-state index contributed by atoms with van der Waals surface area (Å²) in [7, 11) is 0. The number of rotatable bonds is 11. The fourth-order valence-corrected chi connectivity index (χ4v) is 2.78. The van der Waals surface area contributed by atoms with E-state index in [1.54, 1.807) is 0 Å². The van der Waals surface area contributed by atoms with Gasteiger partial charge in [-0.2, -0.15) is 50.5 Å². The van der Waals surface area contributed by atoms with Crippen LogP contribution in [0.2, 0.25) is 0 Å². The highest BCUT2D eigenvalue weighted by atomic mass is 32.1. The van der Waals surface area contributed by atoms with Crippen molar-refractivity contribution in [3.8, 4) is 0 Å². The first-order valence-electron chi connectivity index (χ1n) is 6.30. The van der Waals surface area contributed by atoms with Crippen LogP contribution in [0.1, 0.15) is 51.4 Å². The van der Waals surface area contributed by atoms with E-state index in [9.17, 15) is 0 Å². The Kier molecular flexibility index (Phi) is 14.0. The summed E-state index contributed by atoms with van der Waals surface area (Å²) in [5.74, 6) is 2.01. The third-order valence-corrected chi connectivity index (χ3v) is 4.86. The van der Waals surface area contributed by atoms with Crippen molar-refractivity contribution in [1.82, 2.24) is 0 Å². The Hall–Kier alpha value is 1.40. The molecule has 0 saturated heterocycles. The molecule has 0 unspecified atom stereocenters. The number of thiol groups is 4. The largest absolute Gasteiger partial charge is 0.179 e. The zero-order chi connectivity index (χ0) is 12.2. The van der Waals surface area contributed by atoms with Crippen LogP contribution in [-0.2, 0) is 0 Å². The van der Waals surface area contributed by atoms with E-state index in [4.69, 9.17) is 0 Å². The molecule has 0 heterocycles. The molecule has 0 aromatic rings. The first kappa shape index (κ1) is 17.4. The first-order valence-corrected chi connectivity index (χ1v) is 8.60. The highest BCUT2D eigenvalue weighted by Gasteiger charge is 2.12. The lowest BCUT2D eigenvalue weighted by atomic mass is 10.1. The van der Waals surface area contributed by atoms with Crippen LogP contribution in [0.5, 0.6) is 0 Å². The molecule has 98 valence electrons. The van der Waals surface area contributed by atoms with E-state index in [2.05, 4.69) is 50.5 Å². The van der Waals surface area contributed by atoms with Gasteiger partial charge < -0.3 is 0 Å². The van der Waals surface area contributed by atoms with Crippen molar-refractivity contribution in [1.29, 1.82) is 0 Å². The van der Waals surface area contributed by atoms with E-state index >= 15 is 0 Å². The highest BCUT2D eigenvalue weighted by molar-refractivity contribution is 7.85. The molecule has 0 fully saturated rings. The maximum atomic E-state index is 4.64. The minimum atomic E-state index is 0.458. The summed E-state index contributed by atoms with van der Waals surface area (Å²) in [6.07, 6.45) is 9.92. The predicted octanol–water partition coefficient (Wildman–Crippen LogP) is 4.56. The summed E-state index contributed by atoms with van der Waals surface area (Å²) in [6.45, 7) is 0. The van der Waals surface area contributed by atoms with E-state index in [1.165, 1.54) is 51.4 Å². The predicted molar refractivity (Wildman–Crippen MR) is 90.2 cm³/mol. The van der Waals surface area contributed by atoms with Gasteiger partial charge in [0, 0.05) is 10.5 Å². The summed E-state index contributed by atoms with van der Waals surface area (Å²) >= 11 is 17.7. The summed E-state index contributed by atoms with van der Waals surface area (Å²) in [6, 6.07) is 0. The Morgan fingerprint density at radius 1 is 0.562 bits per heavy atom. The Labute approximate surface area is 123 Å². The summed E-state index contributed by atoms with van der Waals surface area (Å²) < 4.78 is 0. The molecule has 0 N–H and O–H groups in total. The van der Waals surface area contributed by atoms with Crippen molar-refractivity contribution in [3.05, 3.63) is 0 Å². The van der Waals surface area contributed by atoms with Gasteiger partial charge in [0.2, 0.25) is 0 Å². The third kappa shape index (κ3) is 10.5. The Balaban J connectivity index is 3.38. The van der Waals surface area contributed by atoms with Gasteiger partial charge in [-0.3, -0.25) is 0 Å². The maximum Gasteiger partial charge on any atom is 0.0133 e. The standard InChI is InChI=1S/C12H26S4/c13-9-5-1-3-7-11(15)12(16)8-4-2-6-10-14/h11-16H,1-10H2/t11-,12+. The molecule has 2 atom stereocenters. The molecule has 0 aliphatic heterocycles. The molecular weight excluding hydrogens is 272 g/mol. The molecule has 0 spiro atoms. The summed E-state index contributed by atoms with van der Waals surface area (Å²) in [5.41, 5.74) is 0. The fraction of sp³-hybridized carbons (Fsp3) is 1.00. The Bertz CT molecular complexity index is 125. The maximum absolute atomic E-state index is 4.64. The number of hydrogen-bond acceptors (Lipinski definition) is 4. The Morgan fingerprint density at radius 2 is 0.938 bits per heavy atom. The molecule has 4 heteroatoms.